The second kappa shape index (κ2) is 6.34. The number of nitrogens with two attached hydrogens (primary N) is 2. The molecule has 1 rings (SSSR count). The minimum absolute atomic E-state index is 0.0908. The molecule has 102 valence electrons. The van der Waals surface area contributed by atoms with Crippen molar-refractivity contribution in [2.45, 2.75) is 31.7 Å². The molecule has 2 amide bonds. The van der Waals surface area contributed by atoms with E-state index in [1.807, 2.05) is 0 Å². The lowest BCUT2D eigenvalue weighted by Gasteiger charge is -2.20. The monoisotopic (exact) mass is 257 g/mol. The second-order valence-corrected chi connectivity index (χ2v) is 4.60. The van der Waals surface area contributed by atoms with E-state index in [0.717, 1.165) is 12.8 Å². The van der Waals surface area contributed by atoms with Gasteiger partial charge >= 0.3 is 5.97 Å². The van der Waals surface area contributed by atoms with Gasteiger partial charge in [-0.15, -0.1) is 0 Å². The van der Waals surface area contributed by atoms with E-state index in [9.17, 15) is 14.4 Å². The number of aliphatic carboxylic acids is 1. The Labute approximate surface area is 105 Å². The molecular weight excluding hydrogens is 238 g/mol. The molecule has 0 aromatic rings. The first-order valence-corrected chi connectivity index (χ1v) is 5.97. The zero-order chi connectivity index (χ0) is 13.7. The summed E-state index contributed by atoms with van der Waals surface area (Å²) in [6.07, 6.45) is 2.09. The van der Waals surface area contributed by atoms with Crippen molar-refractivity contribution in [1.29, 1.82) is 0 Å². The fourth-order valence-corrected chi connectivity index (χ4v) is 2.34. The number of primary amides is 1. The summed E-state index contributed by atoms with van der Waals surface area (Å²) in [5.74, 6) is -2.54. The summed E-state index contributed by atoms with van der Waals surface area (Å²) in [5, 5.41) is 11.2. The molecule has 2 unspecified atom stereocenters. The fraction of sp³-hybridized carbons (Fsp3) is 0.727. The average Bonchev–Trinajstić information content (AvgIpc) is 2.75. The molecule has 6 N–H and O–H groups in total. The quantitative estimate of drug-likeness (QED) is 0.474. The highest BCUT2D eigenvalue weighted by molar-refractivity contribution is 5.89. The Balaban J connectivity index is 2.60. The Bertz CT molecular complexity index is 345. The van der Waals surface area contributed by atoms with E-state index in [2.05, 4.69) is 5.32 Å². The van der Waals surface area contributed by atoms with E-state index in [1.165, 1.54) is 0 Å². The largest absolute Gasteiger partial charge is 0.480 e. The van der Waals surface area contributed by atoms with E-state index in [-0.39, 0.29) is 17.7 Å². The number of hydrogen-bond acceptors (Lipinski definition) is 4. The third-order valence-electron chi connectivity index (χ3n) is 3.32. The van der Waals surface area contributed by atoms with Gasteiger partial charge in [-0.2, -0.15) is 0 Å². The van der Waals surface area contributed by atoms with Crippen LogP contribution in [0.25, 0.3) is 0 Å². The fourth-order valence-electron chi connectivity index (χ4n) is 2.34. The summed E-state index contributed by atoms with van der Waals surface area (Å²) < 4.78 is 0. The molecule has 0 spiro atoms. The zero-order valence-corrected chi connectivity index (χ0v) is 10.1. The molecule has 1 aliphatic rings. The average molecular weight is 257 g/mol. The van der Waals surface area contributed by atoms with Crippen molar-refractivity contribution in [3.8, 4) is 0 Å². The molecule has 0 aliphatic heterocycles. The predicted octanol–water partition coefficient (Wildman–Crippen LogP) is -1.19. The lowest BCUT2D eigenvalue weighted by molar-refractivity contribution is -0.144. The van der Waals surface area contributed by atoms with E-state index in [0.29, 0.717) is 13.0 Å². The van der Waals surface area contributed by atoms with Gasteiger partial charge in [0.05, 0.1) is 6.42 Å². The topological polar surface area (TPSA) is 136 Å². The third-order valence-corrected chi connectivity index (χ3v) is 3.32. The maximum atomic E-state index is 11.9. The minimum Gasteiger partial charge on any atom is -0.480 e. The molecule has 3 atom stereocenters. The standard InChI is InChI=1S/C11H19N3O4/c12-5-6-2-1-3-7(6)10(16)14-8(11(17)18)4-9(13)15/h6-8H,1-5,12H2,(H2,13,15)(H,14,16)(H,17,18)/t6?,7?,8-/m0/s1. The van der Waals surface area contributed by atoms with Crippen LogP contribution in [0.5, 0.6) is 0 Å². The number of carbonyl (C=O) groups is 3. The van der Waals surface area contributed by atoms with Gasteiger partial charge in [0.1, 0.15) is 6.04 Å². The van der Waals surface area contributed by atoms with Crippen LogP contribution in [0.4, 0.5) is 0 Å². The maximum absolute atomic E-state index is 11.9. The summed E-state index contributed by atoms with van der Waals surface area (Å²) >= 11 is 0. The van der Waals surface area contributed by atoms with Gasteiger partial charge in [-0.1, -0.05) is 6.42 Å². The van der Waals surface area contributed by atoms with Gasteiger partial charge in [-0.3, -0.25) is 9.59 Å². The molecule has 18 heavy (non-hydrogen) atoms. The molecule has 1 fully saturated rings. The van der Waals surface area contributed by atoms with Crippen molar-refractivity contribution in [1.82, 2.24) is 5.32 Å². The van der Waals surface area contributed by atoms with Crippen LogP contribution < -0.4 is 16.8 Å². The summed E-state index contributed by atoms with van der Waals surface area (Å²) in [4.78, 5) is 33.5. The van der Waals surface area contributed by atoms with Crippen molar-refractivity contribution >= 4 is 17.8 Å². The molecule has 0 aromatic carbocycles. The van der Waals surface area contributed by atoms with Crippen molar-refractivity contribution in [2.24, 2.45) is 23.3 Å². The first kappa shape index (κ1) is 14.4. The highest BCUT2D eigenvalue weighted by Gasteiger charge is 2.34. The molecule has 0 heterocycles. The van der Waals surface area contributed by atoms with Crippen molar-refractivity contribution in [3.63, 3.8) is 0 Å². The number of nitrogens with one attached hydrogen (secondary N) is 1. The SMILES string of the molecule is NCC1CCCC1C(=O)N[C@@H](CC(N)=O)C(=O)O. The number of rotatable bonds is 6. The number of amides is 2. The smallest absolute Gasteiger partial charge is 0.326 e. The van der Waals surface area contributed by atoms with Crippen molar-refractivity contribution in [2.75, 3.05) is 6.54 Å². The van der Waals surface area contributed by atoms with Gasteiger partial charge < -0.3 is 21.9 Å². The molecule has 0 saturated heterocycles. The maximum Gasteiger partial charge on any atom is 0.326 e. The zero-order valence-electron chi connectivity index (χ0n) is 10.1. The molecular formula is C11H19N3O4. The first-order chi connectivity index (χ1) is 8.45. The summed E-state index contributed by atoms with van der Waals surface area (Å²) in [6, 6.07) is -1.26. The Morgan fingerprint density at radius 2 is 2.00 bits per heavy atom. The predicted molar refractivity (Wildman–Crippen MR) is 63.3 cm³/mol. The van der Waals surface area contributed by atoms with Crippen LogP contribution in [0.3, 0.4) is 0 Å². The number of carboxylic acids is 1. The molecule has 0 bridgehead atoms. The summed E-state index contributed by atoms with van der Waals surface area (Å²) in [5.41, 5.74) is 10.5. The number of carboxylic acid groups (broad SMARTS) is 1. The van der Waals surface area contributed by atoms with Gasteiger partial charge in [0.25, 0.3) is 0 Å². The lowest BCUT2D eigenvalue weighted by atomic mass is 9.95. The Morgan fingerprint density at radius 1 is 1.33 bits per heavy atom. The lowest BCUT2D eigenvalue weighted by Crippen LogP contribution is -2.46. The number of hydrogen-bond donors (Lipinski definition) is 4. The molecule has 1 aliphatic carbocycles. The molecule has 0 radical (unpaired) electrons. The van der Waals surface area contributed by atoms with E-state index < -0.39 is 24.3 Å². The normalized spacial score (nSPS) is 24.5. The second-order valence-electron chi connectivity index (χ2n) is 4.60. The molecule has 7 nitrogen and oxygen atoms in total. The molecule has 1 saturated carbocycles. The first-order valence-electron chi connectivity index (χ1n) is 5.97. The van der Waals surface area contributed by atoms with Crippen LogP contribution in [0.1, 0.15) is 25.7 Å². The molecule has 0 aromatic heterocycles. The van der Waals surface area contributed by atoms with Gasteiger partial charge in [0.2, 0.25) is 11.8 Å². The Kier molecular flexibility index (Phi) is 5.08. The van der Waals surface area contributed by atoms with Gasteiger partial charge in [-0.05, 0) is 25.3 Å². The summed E-state index contributed by atoms with van der Waals surface area (Å²) in [7, 11) is 0. The van der Waals surface area contributed by atoms with Crippen LogP contribution in [-0.4, -0.2) is 35.5 Å². The highest BCUT2D eigenvalue weighted by atomic mass is 16.4. The third kappa shape index (κ3) is 3.69. The van der Waals surface area contributed by atoms with Crippen molar-refractivity contribution < 1.29 is 19.5 Å². The van der Waals surface area contributed by atoms with Crippen LogP contribution >= 0.6 is 0 Å². The van der Waals surface area contributed by atoms with E-state index in [4.69, 9.17) is 16.6 Å². The Hall–Kier alpha value is -1.63. The minimum atomic E-state index is -1.26. The van der Waals surface area contributed by atoms with Crippen LogP contribution in [0.2, 0.25) is 0 Å². The van der Waals surface area contributed by atoms with Crippen molar-refractivity contribution in [3.05, 3.63) is 0 Å². The Morgan fingerprint density at radius 3 is 2.50 bits per heavy atom. The van der Waals surface area contributed by atoms with Crippen LogP contribution in [-0.2, 0) is 14.4 Å². The number of carbonyl (C=O) groups excluding carboxylic acids is 2. The summed E-state index contributed by atoms with van der Waals surface area (Å²) in [6.45, 7) is 0.408. The highest BCUT2D eigenvalue weighted by Crippen LogP contribution is 2.31. The van der Waals surface area contributed by atoms with Gasteiger partial charge in [0.15, 0.2) is 0 Å². The molecule has 7 heteroatoms. The van der Waals surface area contributed by atoms with E-state index >= 15 is 0 Å². The van der Waals surface area contributed by atoms with Crippen LogP contribution in [0.15, 0.2) is 0 Å². The van der Waals surface area contributed by atoms with Crippen LogP contribution in [0, 0.1) is 11.8 Å². The van der Waals surface area contributed by atoms with E-state index in [1.54, 1.807) is 0 Å². The van der Waals surface area contributed by atoms with Gasteiger partial charge in [0, 0.05) is 5.92 Å². The van der Waals surface area contributed by atoms with Gasteiger partial charge in [-0.25, -0.2) is 4.79 Å².